The highest BCUT2D eigenvalue weighted by molar-refractivity contribution is 6.29. The summed E-state index contributed by atoms with van der Waals surface area (Å²) in [6.45, 7) is 3.71. The van der Waals surface area contributed by atoms with Crippen molar-refractivity contribution < 1.29 is 9.90 Å². The minimum Gasteiger partial charge on any atom is -0.396 e. The Morgan fingerprint density at radius 1 is 1.48 bits per heavy atom. The van der Waals surface area contributed by atoms with Gasteiger partial charge in [0.15, 0.2) is 0 Å². The lowest BCUT2D eigenvalue weighted by atomic mass is 9.77. The zero-order valence-electron chi connectivity index (χ0n) is 12.3. The van der Waals surface area contributed by atoms with Crippen LogP contribution in [0.15, 0.2) is 24.4 Å². The van der Waals surface area contributed by atoms with Gasteiger partial charge < -0.3 is 10.0 Å². The molecule has 1 saturated heterocycles. The van der Waals surface area contributed by atoms with Crippen molar-refractivity contribution in [2.45, 2.75) is 26.2 Å². The van der Waals surface area contributed by atoms with Crippen LogP contribution in [0, 0.1) is 5.41 Å². The van der Waals surface area contributed by atoms with E-state index in [4.69, 9.17) is 11.6 Å². The van der Waals surface area contributed by atoms with E-state index >= 15 is 0 Å². The molecule has 0 saturated carbocycles. The van der Waals surface area contributed by atoms with Crippen LogP contribution in [0.5, 0.6) is 0 Å². The molecule has 0 spiro atoms. The molecule has 114 valence electrons. The van der Waals surface area contributed by atoms with E-state index < -0.39 is 0 Å². The Bertz CT molecular complexity index is 500. The van der Waals surface area contributed by atoms with Crippen molar-refractivity contribution in [2.75, 3.05) is 19.7 Å². The molecule has 1 amide bonds. The van der Waals surface area contributed by atoms with Gasteiger partial charge in [0, 0.05) is 32.0 Å². The molecule has 1 aliphatic rings. The maximum absolute atomic E-state index is 12.2. The average molecular weight is 309 g/mol. The summed E-state index contributed by atoms with van der Waals surface area (Å²) in [6, 6.07) is 3.52. The lowest BCUT2D eigenvalue weighted by molar-refractivity contribution is -0.128. The summed E-state index contributed by atoms with van der Waals surface area (Å²) in [5.74, 6) is 0.00703. The van der Waals surface area contributed by atoms with Crippen molar-refractivity contribution in [3.63, 3.8) is 0 Å². The number of likely N-dealkylation sites (tertiary alicyclic amines) is 1. The van der Waals surface area contributed by atoms with Crippen LogP contribution in [0.1, 0.15) is 31.7 Å². The maximum atomic E-state index is 12.2. The van der Waals surface area contributed by atoms with Gasteiger partial charge in [-0.05, 0) is 42.4 Å². The predicted octanol–water partition coefficient (Wildman–Crippen LogP) is 2.76. The Morgan fingerprint density at radius 3 is 2.71 bits per heavy atom. The molecule has 1 aliphatic heterocycles. The van der Waals surface area contributed by atoms with E-state index in [1.165, 1.54) is 0 Å². The van der Waals surface area contributed by atoms with Crippen molar-refractivity contribution in [1.29, 1.82) is 0 Å². The molecule has 21 heavy (non-hydrogen) atoms. The van der Waals surface area contributed by atoms with Gasteiger partial charge in [0.05, 0.1) is 0 Å². The van der Waals surface area contributed by atoms with Crippen LogP contribution in [0.2, 0.25) is 5.15 Å². The largest absolute Gasteiger partial charge is 0.396 e. The fourth-order valence-corrected chi connectivity index (χ4v) is 2.70. The third-order valence-corrected chi connectivity index (χ3v) is 4.61. The fraction of sp³-hybridized carbons (Fsp3) is 0.500. The van der Waals surface area contributed by atoms with E-state index in [0.29, 0.717) is 18.2 Å². The maximum Gasteiger partial charge on any atom is 0.246 e. The van der Waals surface area contributed by atoms with Crippen LogP contribution >= 0.6 is 11.6 Å². The Labute approximate surface area is 130 Å². The number of hydrogen-bond donors (Lipinski definition) is 1. The molecular weight excluding hydrogens is 288 g/mol. The fourth-order valence-electron chi connectivity index (χ4n) is 2.58. The molecule has 0 radical (unpaired) electrons. The van der Waals surface area contributed by atoms with Gasteiger partial charge in [-0.1, -0.05) is 24.6 Å². The van der Waals surface area contributed by atoms with Crippen LogP contribution in [0.25, 0.3) is 6.08 Å². The molecule has 0 bridgehead atoms. The highest BCUT2D eigenvalue weighted by Crippen LogP contribution is 2.34. The number of carbonyl (C=O) groups excluding carboxylic acids is 1. The number of aliphatic hydroxyl groups excluding tert-OH is 1. The minimum atomic E-state index is 0.000589. The van der Waals surface area contributed by atoms with Crippen molar-refractivity contribution in [2.24, 2.45) is 5.41 Å². The number of rotatable bonds is 4. The summed E-state index contributed by atoms with van der Waals surface area (Å²) in [5.41, 5.74) is 0.851. The van der Waals surface area contributed by atoms with E-state index in [1.54, 1.807) is 24.4 Å². The van der Waals surface area contributed by atoms with Gasteiger partial charge in [0.1, 0.15) is 5.15 Å². The smallest absolute Gasteiger partial charge is 0.246 e. The normalized spacial score (nSPS) is 18.1. The molecule has 0 aliphatic carbocycles. The molecule has 2 rings (SSSR count). The Balaban J connectivity index is 1.91. The number of nitrogens with zero attached hydrogens (tertiary/aromatic N) is 2. The summed E-state index contributed by atoms with van der Waals surface area (Å²) >= 11 is 5.72. The standard InChI is InChI=1S/C16H21ClN2O2/c1-2-16(12-20)7-9-19(10-8-16)15(21)6-4-13-3-5-14(17)18-11-13/h3-6,11,20H,2,7-10,12H2,1H3/b6-4+. The number of amides is 1. The number of aromatic nitrogens is 1. The number of pyridine rings is 1. The molecule has 1 aromatic rings. The summed E-state index contributed by atoms with van der Waals surface area (Å²) in [4.78, 5) is 18.0. The van der Waals surface area contributed by atoms with Gasteiger partial charge in [-0.15, -0.1) is 0 Å². The van der Waals surface area contributed by atoms with Crippen molar-refractivity contribution in [1.82, 2.24) is 9.88 Å². The Morgan fingerprint density at radius 2 is 2.19 bits per heavy atom. The average Bonchev–Trinajstić information content (AvgIpc) is 2.54. The molecule has 1 aromatic heterocycles. The first-order chi connectivity index (χ1) is 10.1. The lowest BCUT2D eigenvalue weighted by Gasteiger charge is -2.39. The van der Waals surface area contributed by atoms with Gasteiger partial charge in [-0.3, -0.25) is 4.79 Å². The Hall–Kier alpha value is -1.39. The molecule has 1 fully saturated rings. The third kappa shape index (κ3) is 4.05. The van der Waals surface area contributed by atoms with Crippen LogP contribution in [-0.4, -0.2) is 40.6 Å². The summed E-state index contributed by atoms with van der Waals surface area (Å²) < 4.78 is 0. The highest BCUT2D eigenvalue weighted by Gasteiger charge is 2.33. The summed E-state index contributed by atoms with van der Waals surface area (Å²) in [7, 11) is 0. The topological polar surface area (TPSA) is 53.4 Å². The van der Waals surface area contributed by atoms with Crippen LogP contribution < -0.4 is 0 Å². The molecule has 0 aromatic carbocycles. The first-order valence-corrected chi connectivity index (χ1v) is 7.66. The van der Waals surface area contributed by atoms with E-state index in [-0.39, 0.29) is 17.9 Å². The van der Waals surface area contributed by atoms with Gasteiger partial charge in [0.25, 0.3) is 0 Å². The monoisotopic (exact) mass is 308 g/mol. The van der Waals surface area contributed by atoms with E-state index in [9.17, 15) is 9.90 Å². The number of piperidine rings is 1. The lowest BCUT2D eigenvalue weighted by Crippen LogP contribution is -2.43. The zero-order chi connectivity index (χ0) is 15.3. The van der Waals surface area contributed by atoms with Crippen molar-refractivity contribution in [3.8, 4) is 0 Å². The quantitative estimate of drug-likeness (QED) is 0.687. The molecule has 1 N–H and O–H groups in total. The van der Waals surface area contributed by atoms with Crippen LogP contribution in [-0.2, 0) is 4.79 Å². The molecule has 5 heteroatoms. The number of aliphatic hydroxyl groups is 1. The van der Waals surface area contributed by atoms with E-state index in [1.807, 2.05) is 11.0 Å². The highest BCUT2D eigenvalue weighted by atomic mass is 35.5. The molecule has 0 atom stereocenters. The van der Waals surface area contributed by atoms with E-state index in [2.05, 4.69) is 11.9 Å². The number of carbonyl (C=O) groups is 1. The first-order valence-electron chi connectivity index (χ1n) is 7.28. The van der Waals surface area contributed by atoms with Crippen molar-refractivity contribution in [3.05, 3.63) is 35.1 Å². The summed E-state index contributed by atoms with van der Waals surface area (Å²) in [6.07, 6.45) is 7.64. The minimum absolute atomic E-state index is 0.000589. The van der Waals surface area contributed by atoms with Gasteiger partial charge >= 0.3 is 0 Å². The van der Waals surface area contributed by atoms with Crippen molar-refractivity contribution >= 4 is 23.6 Å². The number of hydrogen-bond acceptors (Lipinski definition) is 3. The second kappa shape index (κ2) is 7.05. The van der Waals surface area contributed by atoms with Crippen LogP contribution in [0.3, 0.4) is 0 Å². The molecule has 4 nitrogen and oxygen atoms in total. The number of halogens is 1. The molecular formula is C16H21ClN2O2. The summed E-state index contributed by atoms with van der Waals surface area (Å²) in [5, 5.41) is 9.94. The first kappa shape index (κ1) is 16.0. The second-order valence-electron chi connectivity index (χ2n) is 5.58. The van der Waals surface area contributed by atoms with E-state index in [0.717, 1.165) is 24.8 Å². The van der Waals surface area contributed by atoms with Gasteiger partial charge in [0.2, 0.25) is 5.91 Å². The second-order valence-corrected chi connectivity index (χ2v) is 5.97. The molecule has 2 heterocycles. The SMILES string of the molecule is CCC1(CO)CCN(C(=O)/C=C/c2ccc(Cl)nc2)CC1. The van der Waals surface area contributed by atoms with Gasteiger partial charge in [-0.2, -0.15) is 0 Å². The predicted molar refractivity (Wildman–Crippen MR) is 83.9 cm³/mol. The molecule has 0 unspecified atom stereocenters. The Kier molecular flexibility index (Phi) is 5.37. The third-order valence-electron chi connectivity index (χ3n) is 4.39. The van der Waals surface area contributed by atoms with Gasteiger partial charge in [-0.25, -0.2) is 4.98 Å². The zero-order valence-corrected chi connectivity index (χ0v) is 13.0. The van der Waals surface area contributed by atoms with Crippen LogP contribution in [0.4, 0.5) is 0 Å².